The average molecular weight is 282 g/mol. The normalized spacial score (nSPS) is 24.9. The van der Waals surface area contributed by atoms with Crippen molar-refractivity contribution in [2.45, 2.75) is 70.9 Å². The van der Waals surface area contributed by atoms with Crippen molar-refractivity contribution in [3.8, 4) is 6.07 Å². The molecule has 0 unspecified atom stereocenters. The molecule has 5 heteroatoms. The topological polar surface area (TPSA) is 62.6 Å². The molecule has 0 saturated carbocycles. The number of rotatable bonds is 6. The molecule has 114 valence electrons. The molecule has 0 radical (unpaired) electrons. The Bertz CT molecular complexity index is 363. The van der Waals surface area contributed by atoms with Crippen molar-refractivity contribution >= 4 is 5.91 Å². The van der Waals surface area contributed by atoms with Crippen LogP contribution in [0.3, 0.4) is 0 Å². The zero-order valence-electron chi connectivity index (χ0n) is 13.0. The van der Waals surface area contributed by atoms with E-state index in [9.17, 15) is 4.79 Å². The molecule has 1 heterocycles. The third kappa shape index (κ3) is 5.48. The van der Waals surface area contributed by atoms with Crippen LogP contribution in [-0.2, 0) is 14.3 Å². The number of hydrogen-bond acceptors (Lipinski definition) is 4. The number of unbranched alkanes of at least 4 members (excludes halogenated alkanes) is 1. The van der Waals surface area contributed by atoms with Crippen LogP contribution in [-0.4, -0.2) is 42.4 Å². The smallest absolute Gasteiger partial charge is 0.224 e. The lowest BCUT2D eigenvalue weighted by Gasteiger charge is -2.40. The Morgan fingerprint density at radius 2 is 2.05 bits per heavy atom. The first kappa shape index (κ1) is 16.9. The van der Waals surface area contributed by atoms with Crippen molar-refractivity contribution in [3.05, 3.63) is 0 Å². The highest BCUT2D eigenvalue weighted by Gasteiger charge is 2.36. The predicted octanol–water partition coefficient (Wildman–Crippen LogP) is 2.46. The van der Waals surface area contributed by atoms with E-state index in [-0.39, 0.29) is 18.1 Å². The minimum atomic E-state index is -0.729. The molecule has 1 fully saturated rings. The minimum absolute atomic E-state index is 0.0943. The Morgan fingerprint density at radius 1 is 1.40 bits per heavy atom. The summed E-state index contributed by atoms with van der Waals surface area (Å²) >= 11 is 0. The Kier molecular flexibility index (Phi) is 6.44. The van der Waals surface area contributed by atoms with Crippen molar-refractivity contribution in [1.29, 1.82) is 5.26 Å². The molecule has 2 atom stereocenters. The summed E-state index contributed by atoms with van der Waals surface area (Å²) < 4.78 is 11.5. The van der Waals surface area contributed by atoms with Gasteiger partial charge in [-0.05, 0) is 20.3 Å². The van der Waals surface area contributed by atoms with E-state index in [1.165, 1.54) is 0 Å². The Hall–Kier alpha value is -1.12. The third-order valence-corrected chi connectivity index (χ3v) is 3.42. The average Bonchev–Trinajstić information content (AvgIpc) is 2.34. The lowest BCUT2D eigenvalue weighted by Crippen LogP contribution is -2.46. The first-order chi connectivity index (χ1) is 9.38. The summed E-state index contributed by atoms with van der Waals surface area (Å²) in [4.78, 5) is 13.9. The Morgan fingerprint density at radius 3 is 2.65 bits per heavy atom. The molecule has 1 amide bonds. The second-order valence-electron chi connectivity index (χ2n) is 5.85. The van der Waals surface area contributed by atoms with Gasteiger partial charge in [-0.25, -0.2) is 0 Å². The molecule has 1 aliphatic heterocycles. The maximum Gasteiger partial charge on any atom is 0.224 e. The maximum absolute atomic E-state index is 12.1. The van der Waals surface area contributed by atoms with Crippen LogP contribution < -0.4 is 0 Å². The quantitative estimate of drug-likeness (QED) is 0.750. The van der Waals surface area contributed by atoms with Crippen molar-refractivity contribution in [2.75, 3.05) is 13.6 Å². The number of hydrogen-bond donors (Lipinski definition) is 0. The summed E-state index contributed by atoms with van der Waals surface area (Å²) in [5, 5.41) is 8.80. The Labute approximate surface area is 121 Å². The van der Waals surface area contributed by atoms with E-state index in [1.807, 2.05) is 20.9 Å². The zero-order chi connectivity index (χ0) is 15.2. The lowest BCUT2D eigenvalue weighted by atomic mass is 10.0. The third-order valence-electron chi connectivity index (χ3n) is 3.42. The fourth-order valence-electron chi connectivity index (χ4n) is 2.44. The van der Waals surface area contributed by atoms with E-state index < -0.39 is 5.79 Å². The maximum atomic E-state index is 12.1. The molecule has 20 heavy (non-hydrogen) atoms. The molecular weight excluding hydrogens is 256 g/mol. The van der Waals surface area contributed by atoms with Crippen molar-refractivity contribution < 1.29 is 14.3 Å². The van der Waals surface area contributed by atoms with Gasteiger partial charge in [0.25, 0.3) is 0 Å². The summed E-state index contributed by atoms with van der Waals surface area (Å²) in [6.07, 6.45) is 3.06. The summed E-state index contributed by atoms with van der Waals surface area (Å²) in [5.74, 6) is -0.635. The molecule has 0 aromatic carbocycles. The molecule has 0 spiro atoms. The molecule has 1 saturated heterocycles. The zero-order valence-corrected chi connectivity index (χ0v) is 13.0. The van der Waals surface area contributed by atoms with Gasteiger partial charge in [-0.2, -0.15) is 5.26 Å². The molecular formula is C15H26N2O3. The molecule has 0 aromatic heterocycles. The first-order valence-electron chi connectivity index (χ1n) is 7.34. The summed E-state index contributed by atoms with van der Waals surface area (Å²) in [5.41, 5.74) is 0. The monoisotopic (exact) mass is 282 g/mol. The van der Waals surface area contributed by atoms with Gasteiger partial charge < -0.3 is 14.4 Å². The highest BCUT2D eigenvalue weighted by molar-refractivity contribution is 5.76. The van der Waals surface area contributed by atoms with Crippen molar-refractivity contribution in [3.63, 3.8) is 0 Å². The second-order valence-corrected chi connectivity index (χ2v) is 5.85. The molecule has 0 bridgehead atoms. The van der Waals surface area contributed by atoms with Crippen LogP contribution in [0.25, 0.3) is 0 Å². The molecule has 0 N–H and O–H groups in total. The first-order valence-corrected chi connectivity index (χ1v) is 7.34. The molecule has 0 aliphatic carbocycles. The van der Waals surface area contributed by atoms with Gasteiger partial charge >= 0.3 is 0 Å². The molecule has 1 rings (SSSR count). The number of ether oxygens (including phenoxy) is 2. The minimum Gasteiger partial charge on any atom is -0.347 e. The summed E-state index contributed by atoms with van der Waals surface area (Å²) in [6, 6.07) is 2.12. The van der Waals surface area contributed by atoms with Gasteiger partial charge in [-0.3, -0.25) is 4.79 Å². The van der Waals surface area contributed by atoms with Crippen LogP contribution in [0.15, 0.2) is 0 Å². The number of nitriles is 1. The van der Waals surface area contributed by atoms with Crippen LogP contribution >= 0.6 is 0 Å². The summed E-state index contributed by atoms with van der Waals surface area (Å²) in [7, 11) is 1.83. The number of carbonyl (C=O) groups is 1. The number of carbonyl (C=O) groups excluding carboxylic acids is 1. The molecule has 1 aliphatic rings. The van der Waals surface area contributed by atoms with Gasteiger partial charge in [-0.1, -0.05) is 13.3 Å². The van der Waals surface area contributed by atoms with E-state index in [1.54, 1.807) is 4.90 Å². The van der Waals surface area contributed by atoms with E-state index in [0.717, 1.165) is 19.4 Å². The van der Waals surface area contributed by atoms with E-state index in [2.05, 4.69) is 13.0 Å². The number of nitrogens with zero attached hydrogens (tertiary/aromatic N) is 2. The SMILES string of the molecule is CCCCN(C)C(=O)C[C@H]1C[C@@H](CC#N)OC(C)(C)O1. The van der Waals surface area contributed by atoms with Crippen LogP contribution in [0.4, 0.5) is 0 Å². The van der Waals surface area contributed by atoms with E-state index >= 15 is 0 Å². The van der Waals surface area contributed by atoms with Gasteiger partial charge in [0.2, 0.25) is 5.91 Å². The van der Waals surface area contributed by atoms with Gasteiger partial charge in [0.05, 0.1) is 31.1 Å². The van der Waals surface area contributed by atoms with Crippen molar-refractivity contribution in [1.82, 2.24) is 4.90 Å². The molecule has 5 nitrogen and oxygen atoms in total. The summed E-state index contributed by atoms with van der Waals surface area (Å²) in [6.45, 7) is 6.54. The van der Waals surface area contributed by atoms with Crippen LogP contribution in [0.2, 0.25) is 0 Å². The highest BCUT2D eigenvalue weighted by Crippen LogP contribution is 2.29. The predicted molar refractivity (Wildman–Crippen MR) is 75.8 cm³/mol. The molecule has 0 aromatic rings. The largest absolute Gasteiger partial charge is 0.347 e. The second kappa shape index (κ2) is 7.61. The van der Waals surface area contributed by atoms with Gasteiger partial charge in [-0.15, -0.1) is 0 Å². The van der Waals surface area contributed by atoms with Gasteiger partial charge in [0, 0.05) is 20.0 Å². The standard InChI is InChI=1S/C15H26N2O3/c1-5-6-9-17(4)14(18)11-13-10-12(7-8-16)19-15(2,3)20-13/h12-13H,5-7,9-11H2,1-4H3/t12-,13-/m1/s1. The highest BCUT2D eigenvalue weighted by atomic mass is 16.7. The van der Waals surface area contributed by atoms with Crippen LogP contribution in [0, 0.1) is 11.3 Å². The van der Waals surface area contributed by atoms with E-state index in [4.69, 9.17) is 14.7 Å². The van der Waals surface area contributed by atoms with Crippen LogP contribution in [0.5, 0.6) is 0 Å². The van der Waals surface area contributed by atoms with Gasteiger partial charge in [0.15, 0.2) is 5.79 Å². The van der Waals surface area contributed by atoms with Crippen LogP contribution in [0.1, 0.15) is 52.9 Å². The Balaban J connectivity index is 2.53. The van der Waals surface area contributed by atoms with Gasteiger partial charge in [0.1, 0.15) is 0 Å². The van der Waals surface area contributed by atoms with E-state index in [0.29, 0.717) is 19.3 Å². The fourth-order valence-corrected chi connectivity index (χ4v) is 2.44. The fraction of sp³-hybridized carbons (Fsp3) is 0.867. The van der Waals surface area contributed by atoms with Crippen molar-refractivity contribution in [2.24, 2.45) is 0 Å². The lowest BCUT2D eigenvalue weighted by molar-refractivity contribution is -0.298. The number of amides is 1.